The van der Waals surface area contributed by atoms with Crippen LogP contribution >= 0.6 is 11.6 Å². The van der Waals surface area contributed by atoms with Crippen LogP contribution in [0.5, 0.6) is 0 Å². The van der Waals surface area contributed by atoms with E-state index in [1.54, 1.807) is 13.8 Å². The third-order valence-electron chi connectivity index (χ3n) is 3.16. The maximum atomic E-state index is 12.8. The van der Waals surface area contributed by atoms with Gasteiger partial charge >= 0.3 is 6.18 Å². The molecule has 0 heterocycles. The van der Waals surface area contributed by atoms with E-state index < -0.39 is 27.8 Å². The third kappa shape index (κ3) is 4.34. The lowest BCUT2D eigenvalue weighted by Gasteiger charge is -2.21. The second-order valence-electron chi connectivity index (χ2n) is 5.05. The van der Waals surface area contributed by atoms with Gasteiger partial charge in [0.05, 0.1) is 10.5 Å². The van der Waals surface area contributed by atoms with E-state index in [9.17, 15) is 21.6 Å². The number of hydrogen-bond donors (Lipinski definition) is 1. The van der Waals surface area contributed by atoms with Gasteiger partial charge in [-0.2, -0.15) is 13.2 Å². The van der Waals surface area contributed by atoms with Crippen LogP contribution < -0.4 is 4.72 Å². The monoisotopic (exact) mass is 343 g/mol. The lowest BCUT2D eigenvalue weighted by Crippen LogP contribution is -2.40. The van der Waals surface area contributed by atoms with E-state index in [0.717, 1.165) is 25.1 Å². The summed E-state index contributed by atoms with van der Waals surface area (Å²) in [4.78, 5) is -0.381. The minimum Gasteiger partial charge on any atom is -0.207 e. The summed E-state index contributed by atoms with van der Waals surface area (Å²) < 4.78 is 65.4. The highest BCUT2D eigenvalue weighted by Crippen LogP contribution is 2.34. The fourth-order valence-electron chi connectivity index (χ4n) is 1.82. The van der Waals surface area contributed by atoms with Crippen molar-refractivity contribution in [1.29, 1.82) is 0 Å². The largest absolute Gasteiger partial charge is 0.416 e. The summed E-state index contributed by atoms with van der Waals surface area (Å²) in [7, 11) is -4.06. The van der Waals surface area contributed by atoms with Gasteiger partial charge in [0.25, 0.3) is 0 Å². The minimum absolute atomic E-state index is 0.0366. The molecule has 1 aromatic carbocycles. The van der Waals surface area contributed by atoms with E-state index >= 15 is 0 Å². The second-order valence-corrected chi connectivity index (χ2v) is 7.04. The van der Waals surface area contributed by atoms with E-state index in [1.807, 2.05) is 0 Å². The first-order valence-electron chi connectivity index (χ1n) is 6.25. The Hall–Kier alpha value is -0.790. The highest BCUT2D eigenvalue weighted by molar-refractivity contribution is 7.89. The number of rotatable bonds is 5. The van der Waals surface area contributed by atoms with Gasteiger partial charge in [0.1, 0.15) is 0 Å². The van der Waals surface area contributed by atoms with Gasteiger partial charge < -0.3 is 0 Å². The summed E-state index contributed by atoms with van der Waals surface area (Å²) in [6.45, 7) is 4.69. The van der Waals surface area contributed by atoms with Gasteiger partial charge in [0.15, 0.2) is 0 Å². The average molecular weight is 344 g/mol. The number of sulfonamides is 1. The molecule has 1 rings (SSSR count). The molecule has 1 N–H and O–H groups in total. The quantitative estimate of drug-likeness (QED) is 0.831. The topological polar surface area (TPSA) is 46.2 Å². The van der Waals surface area contributed by atoms with Crippen molar-refractivity contribution >= 4 is 21.6 Å². The molecule has 0 aliphatic heterocycles. The number of benzene rings is 1. The van der Waals surface area contributed by atoms with Gasteiger partial charge in [-0.25, -0.2) is 13.1 Å². The summed E-state index contributed by atoms with van der Waals surface area (Å²) >= 11 is 5.69. The maximum absolute atomic E-state index is 12.8. The zero-order valence-corrected chi connectivity index (χ0v) is 13.4. The van der Waals surface area contributed by atoms with Crippen molar-refractivity contribution in [2.75, 3.05) is 5.88 Å². The Bertz CT molecular complexity index is 600. The van der Waals surface area contributed by atoms with Crippen molar-refractivity contribution in [3.05, 3.63) is 29.3 Å². The van der Waals surface area contributed by atoms with Crippen LogP contribution in [0.15, 0.2) is 23.1 Å². The van der Waals surface area contributed by atoms with Crippen molar-refractivity contribution in [1.82, 2.24) is 4.72 Å². The van der Waals surface area contributed by atoms with Crippen LogP contribution in [0.3, 0.4) is 0 Å². The van der Waals surface area contributed by atoms with Crippen LogP contribution in [-0.4, -0.2) is 20.3 Å². The molecule has 21 heavy (non-hydrogen) atoms. The van der Waals surface area contributed by atoms with Crippen molar-refractivity contribution in [2.45, 2.75) is 37.9 Å². The first-order valence-corrected chi connectivity index (χ1v) is 8.27. The number of nitrogens with one attached hydrogen (secondary N) is 1. The van der Waals surface area contributed by atoms with Gasteiger partial charge in [-0.05, 0) is 30.5 Å². The molecule has 8 heteroatoms. The van der Waals surface area contributed by atoms with Crippen LogP contribution in [0.4, 0.5) is 13.2 Å². The molecular weight excluding hydrogens is 327 g/mol. The second kappa shape index (κ2) is 6.54. The molecule has 0 spiro atoms. The predicted molar refractivity (Wildman–Crippen MR) is 75.8 cm³/mol. The van der Waals surface area contributed by atoms with E-state index in [1.165, 1.54) is 0 Å². The molecule has 1 aromatic rings. The molecule has 0 aliphatic carbocycles. The molecule has 0 amide bonds. The van der Waals surface area contributed by atoms with E-state index in [0.29, 0.717) is 0 Å². The number of halogens is 4. The highest BCUT2D eigenvalue weighted by atomic mass is 35.5. The predicted octanol–water partition coefficient (Wildman–Crippen LogP) is 3.56. The molecule has 1 unspecified atom stereocenters. The lowest BCUT2D eigenvalue weighted by molar-refractivity contribution is -0.138. The van der Waals surface area contributed by atoms with E-state index in [2.05, 4.69) is 4.72 Å². The average Bonchev–Trinajstić information content (AvgIpc) is 2.34. The Balaban J connectivity index is 3.27. The molecule has 0 radical (unpaired) electrons. The summed E-state index contributed by atoms with van der Waals surface area (Å²) in [5.74, 6) is -0.0436. The molecule has 120 valence electrons. The van der Waals surface area contributed by atoms with Crippen LogP contribution in [0.2, 0.25) is 0 Å². The van der Waals surface area contributed by atoms with Gasteiger partial charge in [-0.15, -0.1) is 11.6 Å². The first-order chi connectivity index (χ1) is 9.50. The molecule has 0 saturated carbocycles. The van der Waals surface area contributed by atoms with Crippen molar-refractivity contribution < 1.29 is 21.6 Å². The Morgan fingerprint density at radius 3 is 2.29 bits per heavy atom. The Kier molecular flexibility index (Phi) is 5.69. The Morgan fingerprint density at radius 2 is 1.86 bits per heavy atom. The third-order valence-corrected chi connectivity index (χ3v) is 5.12. The molecule has 3 nitrogen and oxygen atoms in total. The molecule has 0 bridgehead atoms. The molecule has 1 atom stereocenters. The Morgan fingerprint density at radius 1 is 1.29 bits per heavy atom. The minimum atomic E-state index is -4.60. The molecule has 0 aromatic heterocycles. The van der Waals surface area contributed by atoms with Gasteiger partial charge in [-0.1, -0.05) is 19.9 Å². The van der Waals surface area contributed by atoms with Gasteiger partial charge in [0, 0.05) is 11.9 Å². The maximum Gasteiger partial charge on any atom is 0.416 e. The van der Waals surface area contributed by atoms with Crippen LogP contribution in [0.25, 0.3) is 0 Å². The van der Waals surface area contributed by atoms with E-state index in [4.69, 9.17) is 11.6 Å². The van der Waals surface area contributed by atoms with Crippen molar-refractivity contribution in [2.24, 2.45) is 5.92 Å². The Labute approximate surface area is 127 Å². The summed E-state index contributed by atoms with van der Waals surface area (Å²) in [5, 5.41) is 0. The fourth-order valence-corrected chi connectivity index (χ4v) is 4.00. The lowest BCUT2D eigenvalue weighted by atomic mass is 10.1. The smallest absolute Gasteiger partial charge is 0.207 e. The summed E-state index contributed by atoms with van der Waals surface area (Å²) in [5.41, 5.74) is -1.29. The van der Waals surface area contributed by atoms with Gasteiger partial charge in [-0.3, -0.25) is 0 Å². The van der Waals surface area contributed by atoms with E-state index in [-0.39, 0.29) is 22.3 Å². The first kappa shape index (κ1) is 18.3. The van der Waals surface area contributed by atoms with Crippen LogP contribution in [-0.2, 0) is 16.2 Å². The molecule has 0 saturated heterocycles. The highest BCUT2D eigenvalue weighted by Gasteiger charge is 2.35. The number of hydrogen-bond acceptors (Lipinski definition) is 2. The molecular formula is C13H17ClF3NO2S. The fraction of sp³-hybridized carbons (Fsp3) is 0.538. The summed E-state index contributed by atoms with van der Waals surface area (Å²) in [6.07, 6.45) is -4.60. The molecule has 0 fully saturated rings. The zero-order valence-electron chi connectivity index (χ0n) is 11.8. The zero-order chi connectivity index (χ0) is 16.4. The van der Waals surface area contributed by atoms with Gasteiger partial charge in [0.2, 0.25) is 10.0 Å². The summed E-state index contributed by atoms with van der Waals surface area (Å²) in [6, 6.07) is 2.54. The number of alkyl halides is 4. The standard InChI is InChI=1S/C13H17ClF3NO2S/c1-8(2)11(7-14)18-21(19,20)12-6-4-5-10(9(12)3)13(15,16)17/h4-6,8,11,18H,7H2,1-3H3. The molecule has 0 aliphatic rings. The van der Waals surface area contributed by atoms with Crippen LogP contribution in [0.1, 0.15) is 25.0 Å². The SMILES string of the molecule is Cc1c(C(F)(F)F)cccc1S(=O)(=O)NC(CCl)C(C)C. The van der Waals surface area contributed by atoms with Crippen molar-refractivity contribution in [3.8, 4) is 0 Å². The van der Waals surface area contributed by atoms with Crippen LogP contribution in [0, 0.1) is 12.8 Å². The van der Waals surface area contributed by atoms with Crippen molar-refractivity contribution in [3.63, 3.8) is 0 Å². The normalized spacial score (nSPS) is 14.5.